The molecule has 0 aliphatic heterocycles. The van der Waals surface area contributed by atoms with E-state index in [1.807, 2.05) is 22.9 Å². The highest BCUT2D eigenvalue weighted by Gasteiger charge is 2.11. The Kier molecular flexibility index (Phi) is 2.60. The van der Waals surface area contributed by atoms with Crippen LogP contribution in [-0.2, 0) is 0 Å². The maximum atomic E-state index is 5.60. The maximum absolute atomic E-state index is 5.60. The minimum Gasteiger partial charge on any atom is -0.472 e. The van der Waals surface area contributed by atoms with Crippen molar-refractivity contribution in [2.45, 2.75) is 0 Å². The van der Waals surface area contributed by atoms with Crippen molar-refractivity contribution >= 4 is 0 Å². The molecule has 7 nitrogen and oxygen atoms in total. The molecule has 4 aromatic heterocycles. The Morgan fingerprint density at radius 2 is 1.90 bits per heavy atom. The molecule has 102 valence electrons. The molecule has 7 heteroatoms. The number of imidazole rings is 1. The summed E-state index contributed by atoms with van der Waals surface area (Å²) in [4.78, 5) is 8.33. The second-order valence-electron chi connectivity index (χ2n) is 4.30. The highest BCUT2D eigenvalue weighted by atomic mass is 16.4. The lowest BCUT2D eigenvalue weighted by Gasteiger charge is -2.00. The Morgan fingerprint density at radius 3 is 2.57 bits per heavy atom. The minimum absolute atomic E-state index is 0.413. The third-order valence-corrected chi connectivity index (χ3v) is 2.96. The summed E-state index contributed by atoms with van der Waals surface area (Å²) in [6.07, 6.45) is 10.0. The molecule has 0 atom stereocenters. The van der Waals surface area contributed by atoms with Gasteiger partial charge in [0, 0.05) is 18.6 Å². The molecule has 0 saturated heterocycles. The summed E-state index contributed by atoms with van der Waals surface area (Å²) in [5.41, 5.74) is 1.50. The number of hydrogen-bond acceptors (Lipinski definition) is 6. The lowest BCUT2D eigenvalue weighted by atomic mass is 10.3. The summed E-state index contributed by atoms with van der Waals surface area (Å²) < 4.78 is 12.4. The minimum atomic E-state index is 0.413. The van der Waals surface area contributed by atoms with Gasteiger partial charge in [0.15, 0.2) is 0 Å². The lowest BCUT2D eigenvalue weighted by molar-refractivity contribution is 0.560. The topological polar surface area (TPSA) is 82.8 Å². The SMILES string of the molecule is c1cn(-c2ccc(-c3nnc(-c4ccoc4)o3)cn2)cn1. The summed E-state index contributed by atoms with van der Waals surface area (Å²) in [5, 5.41) is 8.01. The Morgan fingerprint density at radius 1 is 1.00 bits per heavy atom. The summed E-state index contributed by atoms with van der Waals surface area (Å²) in [6, 6.07) is 5.49. The predicted octanol–water partition coefficient (Wildman–Crippen LogP) is 2.58. The summed E-state index contributed by atoms with van der Waals surface area (Å²) >= 11 is 0. The first-order chi connectivity index (χ1) is 10.4. The first-order valence-electron chi connectivity index (χ1n) is 6.21. The van der Waals surface area contributed by atoms with E-state index in [-0.39, 0.29) is 0 Å². The van der Waals surface area contributed by atoms with E-state index in [0.717, 1.165) is 16.9 Å². The molecule has 0 saturated carbocycles. The summed E-state index contributed by atoms with van der Waals surface area (Å²) in [5.74, 6) is 1.60. The van der Waals surface area contributed by atoms with E-state index < -0.39 is 0 Å². The smallest absolute Gasteiger partial charge is 0.251 e. The predicted molar refractivity (Wildman–Crippen MR) is 72.4 cm³/mol. The zero-order chi connectivity index (χ0) is 14.1. The van der Waals surface area contributed by atoms with Crippen molar-refractivity contribution in [3.05, 3.63) is 55.6 Å². The second-order valence-corrected chi connectivity index (χ2v) is 4.30. The average Bonchev–Trinajstić information content (AvgIpc) is 3.27. The maximum Gasteiger partial charge on any atom is 0.251 e. The molecule has 0 aliphatic carbocycles. The molecule has 0 fully saturated rings. The average molecular weight is 279 g/mol. The fraction of sp³-hybridized carbons (Fsp3) is 0. The molecular formula is C14H9N5O2. The Labute approximate surface area is 118 Å². The second kappa shape index (κ2) is 4.71. The normalized spacial score (nSPS) is 10.9. The van der Waals surface area contributed by atoms with Gasteiger partial charge in [0.2, 0.25) is 5.89 Å². The Bertz CT molecular complexity index is 832. The van der Waals surface area contributed by atoms with Gasteiger partial charge in [-0.3, -0.25) is 4.57 Å². The van der Waals surface area contributed by atoms with Gasteiger partial charge in [-0.15, -0.1) is 10.2 Å². The van der Waals surface area contributed by atoms with E-state index in [1.165, 1.54) is 0 Å². The molecule has 0 aromatic carbocycles. The van der Waals surface area contributed by atoms with Gasteiger partial charge in [0.25, 0.3) is 5.89 Å². The van der Waals surface area contributed by atoms with Crippen LogP contribution < -0.4 is 0 Å². The van der Waals surface area contributed by atoms with E-state index in [4.69, 9.17) is 8.83 Å². The summed E-state index contributed by atoms with van der Waals surface area (Å²) in [7, 11) is 0. The number of hydrogen-bond donors (Lipinski definition) is 0. The van der Waals surface area contributed by atoms with Crippen molar-refractivity contribution in [3.63, 3.8) is 0 Å². The molecule has 0 N–H and O–H groups in total. The number of pyridine rings is 1. The van der Waals surface area contributed by atoms with Crippen molar-refractivity contribution in [2.24, 2.45) is 0 Å². The number of aromatic nitrogens is 5. The molecule has 0 radical (unpaired) electrons. The van der Waals surface area contributed by atoms with Crippen LogP contribution in [0, 0.1) is 0 Å². The first kappa shape index (κ1) is 11.6. The van der Waals surface area contributed by atoms with Gasteiger partial charge < -0.3 is 8.83 Å². The Balaban J connectivity index is 1.65. The fourth-order valence-corrected chi connectivity index (χ4v) is 1.90. The standard InChI is InChI=1S/C14H9N5O2/c1-2-12(19-5-4-15-9-19)16-7-10(1)13-17-18-14(21-13)11-3-6-20-8-11/h1-9H. The van der Waals surface area contributed by atoms with Crippen LogP contribution in [0.2, 0.25) is 0 Å². The van der Waals surface area contributed by atoms with E-state index in [0.29, 0.717) is 11.8 Å². The van der Waals surface area contributed by atoms with Crippen LogP contribution in [0.15, 0.2) is 64.5 Å². The molecule has 0 amide bonds. The molecule has 4 rings (SSSR count). The van der Waals surface area contributed by atoms with Crippen LogP contribution in [0.1, 0.15) is 0 Å². The van der Waals surface area contributed by atoms with Crippen LogP contribution in [-0.4, -0.2) is 24.7 Å². The molecule has 0 spiro atoms. The molecule has 4 aromatic rings. The van der Waals surface area contributed by atoms with Gasteiger partial charge in [-0.25, -0.2) is 9.97 Å². The van der Waals surface area contributed by atoms with E-state index in [2.05, 4.69) is 20.2 Å². The molecule has 21 heavy (non-hydrogen) atoms. The van der Waals surface area contributed by atoms with Crippen molar-refractivity contribution < 1.29 is 8.83 Å². The molecule has 0 bridgehead atoms. The van der Waals surface area contributed by atoms with Gasteiger partial charge in [0.1, 0.15) is 18.4 Å². The van der Waals surface area contributed by atoms with Crippen LogP contribution >= 0.6 is 0 Å². The van der Waals surface area contributed by atoms with Crippen molar-refractivity contribution in [1.29, 1.82) is 0 Å². The largest absolute Gasteiger partial charge is 0.472 e. The molecule has 0 unspecified atom stereocenters. The first-order valence-corrected chi connectivity index (χ1v) is 6.21. The van der Waals surface area contributed by atoms with Crippen LogP contribution in [0.4, 0.5) is 0 Å². The van der Waals surface area contributed by atoms with Gasteiger partial charge in [0.05, 0.1) is 17.4 Å². The third-order valence-electron chi connectivity index (χ3n) is 2.96. The van der Waals surface area contributed by atoms with Crippen LogP contribution in [0.5, 0.6) is 0 Å². The molecule has 4 heterocycles. The van der Waals surface area contributed by atoms with Crippen molar-refractivity contribution in [2.75, 3.05) is 0 Å². The number of furan rings is 1. The van der Waals surface area contributed by atoms with Crippen LogP contribution in [0.3, 0.4) is 0 Å². The quantitative estimate of drug-likeness (QED) is 0.573. The number of nitrogens with zero attached hydrogens (tertiary/aromatic N) is 5. The van der Waals surface area contributed by atoms with E-state index in [1.54, 1.807) is 37.3 Å². The monoisotopic (exact) mass is 279 g/mol. The highest BCUT2D eigenvalue weighted by Crippen LogP contribution is 2.23. The molecule has 0 aliphatic rings. The van der Waals surface area contributed by atoms with E-state index >= 15 is 0 Å². The lowest BCUT2D eigenvalue weighted by Crippen LogP contribution is -1.93. The molecular weight excluding hydrogens is 270 g/mol. The van der Waals surface area contributed by atoms with Crippen molar-refractivity contribution in [1.82, 2.24) is 24.7 Å². The van der Waals surface area contributed by atoms with E-state index in [9.17, 15) is 0 Å². The van der Waals surface area contributed by atoms with Gasteiger partial charge in [-0.2, -0.15) is 0 Å². The number of rotatable bonds is 3. The fourth-order valence-electron chi connectivity index (χ4n) is 1.90. The zero-order valence-corrected chi connectivity index (χ0v) is 10.7. The van der Waals surface area contributed by atoms with Crippen molar-refractivity contribution in [3.8, 4) is 28.7 Å². The Hall–Kier alpha value is -3.22. The van der Waals surface area contributed by atoms with Gasteiger partial charge in [-0.1, -0.05) is 0 Å². The van der Waals surface area contributed by atoms with Gasteiger partial charge in [-0.05, 0) is 18.2 Å². The zero-order valence-electron chi connectivity index (χ0n) is 10.7. The third kappa shape index (κ3) is 2.10. The summed E-state index contributed by atoms with van der Waals surface area (Å²) in [6.45, 7) is 0. The van der Waals surface area contributed by atoms with Gasteiger partial charge >= 0.3 is 0 Å². The van der Waals surface area contributed by atoms with Crippen LogP contribution in [0.25, 0.3) is 28.7 Å². The highest BCUT2D eigenvalue weighted by molar-refractivity contribution is 5.56.